The molecule has 0 unspecified atom stereocenters. The molecule has 0 spiro atoms. The van der Waals surface area contributed by atoms with Crippen LogP contribution in [0.3, 0.4) is 0 Å². The number of hydrogen-bond acceptors (Lipinski definition) is 3. The Balaban J connectivity index is 2.03. The van der Waals surface area contributed by atoms with Crippen LogP contribution in [0.5, 0.6) is 5.75 Å². The normalized spacial score (nSPS) is 11.3. The predicted molar refractivity (Wildman–Crippen MR) is 95.1 cm³/mol. The van der Waals surface area contributed by atoms with Crippen LogP contribution in [0.25, 0.3) is 0 Å². The summed E-state index contributed by atoms with van der Waals surface area (Å²) in [6.07, 6.45) is 1.19. The van der Waals surface area contributed by atoms with Crippen molar-refractivity contribution in [3.63, 3.8) is 0 Å². The Kier molecular flexibility index (Phi) is 6.32. The van der Waals surface area contributed by atoms with Crippen LogP contribution in [0.1, 0.15) is 41.8 Å². The number of rotatable bonds is 7. The molecule has 0 saturated heterocycles. The Morgan fingerprint density at radius 3 is 2.58 bits per heavy atom. The van der Waals surface area contributed by atoms with E-state index < -0.39 is 17.2 Å². The number of methoxy groups -OCH3 is 1. The van der Waals surface area contributed by atoms with E-state index in [9.17, 15) is 18.7 Å². The van der Waals surface area contributed by atoms with Crippen molar-refractivity contribution in [2.24, 2.45) is 0 Å². The Hall–Kier alpha value is -2.47. The van der Waals surface area contributed by atoms with E-state index in [0.717, 1.165) is 5.56 Å². The fraction of sp³-hybridized carbons (Fsp3) is 0.350. The van der Waals surface area contributed by atoms with E-state index in [4.69, 9.17) is 4.74 Å². The molecule has 0 fully saturated rings. The highest BCUT2D eigenvalue weighted by molar-refractivity contribution is 5.94. The second-order valence-corrected chi connectivity index (χ2v) is 6.75. The Bertz CT molecular complexity index is 785. The largest absolute Gasteiger partial charge is 0.494 e. The van der Waals surface area contributed by atoms with Crippen molar-refractivity contribution >= 4 is 5.91 Å². The third-order valence-corrected chi connectivity index (χ3v) is 4.00. The Morgan fingerprint density at radius 1 is 1.19 bits per heavy atom. The number of nitrogens with one attached hydrogen (secondary N) is 1. The fourth-order valence-corrected chi connectivity index (χ4v) is 2.46. The van der Waals surface area contributed by atoms with Crippen LogP contribution in [0.2, 0.25) is 0 Å². The van der Waals surface area contributed by atoms with Crippen LogP contribution >= 0.6 is 0 Å². The number of carbonyl (C=O) groups is 1. The Labute approximate surface area is 151 Å². The minimum absolute atomic E-state index is 0.0369. The van der Waals surface area contributed by atoms with E-state index in [1.165, 1.54) is 19.2 Å². The summed E-state index contributed by atoms with van der Waals surface area (Å²) in [5.74, 6) is -2.68. The first-order valence-corrected chi connectivity index (χ1v) is 8.31. The average Bonchev–Trinajstić information content (AvgIpc) is 2.60. The molecule has 0 aliphatic carbocycles. The molecule has 1 amide bonds. The highest BCUT2D eigenvalue weighted by Gasteiger charge is 2.16. The summed E-state index contributed by atoms with van der Waals surface area (Å²) in [5, 5.41) is 12.4. The van der Waals surface area contributed by atoms with E-state index in [1.807, 2.05) is 6.07 Å². The van der Waals surface area contributed by atoms with Crippen LogP contribution in [0.15, 0.2) is 36.4 Å². The minimum Gasteiger partial charge on any atom is -0.494 e. The number of benzene rings is 2. The highest BCUT2D eigenvalue weighted by atomic mass is 19.2. The van der Waals surface area contributed by atoms with Crippen LogP contribution in [-0.2, 0) is 13.0 Å². The van der Waals surface area contributed by atoms with Gasteiger partial charge in [0.1, 0.15) is 0 Å². The molecule has 0 heterocycles. The molecule has 0 bridgehead atoms. The summed E-state index contributed by atoms with van der Waals surface area (Å²) in [6.45, 7) is 3.32. The molecule has 2 aromatic rings. The first kappa shape index (κ1) is 19.8. The predicted octanol–water partition coefficient (Wildman–Crippen LogP) is 3.61. The molecular formula is C20H23F2NO3. The molecule has 0 saturated carbocycles. The van der Waals surface area contributed by atoms with Gasteiger partial charge in [-0.2, -0.15) is 4.39 Å². The van der Waals surface area contributed by atoms with Gasteiger partial charge in [0.15, 0.2) is 11.6 Å². The van der Waals surface area contributed by atoms with Crippen LogP contribution in [-0.4, -0.2) is 23.7 Å². The summed E-state index contributed by atoms with van der Waals surface area (Å²) >= 11 is 0. The fourth-order valence-electron chi connectivity index (χ4n) is 2.46. The van der Waals surface area contributed by atoms with Crippen molar-refractivity contribution in [2.45, 2.75) is 38.8 Å². The van der Waals surface area contributed by atoms with E-state index in [-0.39, 0.29) is 23.8 Å². The van der Waals surface area contributed by atoms with Gasteiger partial charge in [-0.1, -0.05) is 18.2 Å². The Morgan fingerprint density at radius 2 is 1.92 bits per heavy atom. The van der Waals surface area contributed by atoms with Crippen molar-refractivity contribution in [3.8, 4) is 5.75 Å². The van der Waals surface area contributed by atoms with Crippen LogP contribution in [0.4, 0.5) is 8.78 Å². The first-order valence-electron chi connectivity index (χ1n) is 8.31. The van der Waals surface area contributed by atoms with Crippen molar-refractivity contribution in [1.82, 2.24) is 5.32 Å². The highest BCUT2D eigenvalue weighted by Crippen LogP contribution is 2.22. The van der Waals surface area contributed by atoms with E-state index in [1.54, 1.807) is 32.0 Å². The van der Waals surface area contributed by atoms with Crippen molar-refractivity contribution < 1.29 is 23.4 Å². The van der Waals surface area contributed by atoms with Crippen molar-refractivity contribution in [1.29, 1.82) is 0 Å². The lowest BCUT2D eigenvalue weighted by Gasteiger charge is -2.16. The van der Waals surface area contributed by atoms with Gasteiger partial charge in [-0.25, -0.2) is 4.39 Å². The van der Waals surface area contributed by atoms with Crippen LogP contribution < -0.4 is 10.1 Å². The molecule has 0 atom stereocenters. The number of aliphatic hydroxyl groups is 1. The number of ether oxygens (including phenoxy) is 1. The lowest BCUT2D eigenvalue weighted by molar-refractivity contribution is 0.0714. The lowest BCUT2D eigenvalue weighted by atomic mass is 9.98. The molecule has 2 N–H and O–H groups in total. The average molecular weight is 363 g/mol. The molecule has 0 aliphatic heterocycles. The number of aryl methyl sites for hydroxylation is 1. The number of amides is 1. The second-order valence-electron chi connectivity index (χ2n) is 6.75. The zero-order chi connectivity index (χ0) is 19.3. The molecule has 0 aliphatic rings. The quantitative estimate of drug-likeness (QED) is 0.790. The standard InChI is InChI=1S/C20H23F2NO3/c1-20(2,25)10-9-13-5-4-6-14(11-13)19(24)23-12-15-7-8-16(26-3)18(22)17(15)21/h4-8,11,25H,9-10,12H2,1-3H3,(H,23,24). The molecule has 6 heteroatoms. The molecule has 0 radical (unpaired) electrons. The molecule has 0 aromatic heterocycles. The van der Waals surface area contributed by atoms with Gasteiger partial charge in [-0.15, -0.1) is 0 Å². The third-order valence-electron chi connectivity index (χ3n) is 4.00. The summed E-state index contributed by atoms with van der Waals surface area (Å²) in [6, 6.07) is 9.69. The topological polar surface area (TPSA) is 58.6 Å². The van der Waals surface area contributed by atoms with Crippen LogP contribution in [0, 0.1) is 11.6 Å². The lowest BCUT2D eigenvalue weighted by Crippen LogP contribution is -2.24. The van der Waals surface area contributed by atoms with E-state index in [0.29, 0.717) is 18.4 Å². The maximum absolute atomic E-state index is 13.9. The van der Waals surface area contributed by atoms with Gasteiger partial charge in [0.05, 0.1) is 12.7 Å². The monoisotopic (exact) mass is 363 g/mol. The maximum Gasteiger partial charge on any atom is 0.251 e. The molecule has 2 rings (SSSR count). The molecule has 4 nitrogen and oxygen atoms in total. The molecule has 2 aromatic carbocycles. The minimum atomic E-state index is -1.08. The van der Waals surface area contributed by atoms with Crippen molar-refractivity contribution in [2.75, 3.05) is 7.11 Å². The third kappa shape index (κ3) is 5.26. The smallest absolute Gasteiger partial charge is 0.251 e. The second kappa shape index (κ2) is 8.27. The summed E-state index contributed by atoms with van der Waals surface area (Å²) < 4.78 is 32.4. The summed E-state index contributed by atoms with van der Waals surface area (Å²) in [5.41, 5.74) is 0.595. The first-order chi connectivity index (χ1) is 12.2. The SMILES string of the molecule is COc1ccc(CNC(=O)c2cccc(CCC(C)(C)O)c2)c(F)c1F. The van der Waals surface area contributed by atoms with Gasteiger partial charge in [0.25, 0.3) is 5.91 Å². The van der Waals surface area contributed by atoms with Gasteiger partial charge < -0.3 is 15.2 Å². The number of halogens is 2. The van der Waals surface area contributed by atoms with Gasteiger partial charge in [0, 0.05) is 17.7 Å². The van der Waals surface area contributed by atoms with Gasteiger partial charge >= 0.3 is 0 Å². The summed E-state index contributed by atoms with van der Waals surface area (Å²) in [7, 11) is 1.25. The molecule has 26 heavy (non-hydrogen) atoms. The molecular weight excluding hydrogens is 340 g/mol. The van der Waals surface area contributed by atoms with E-state index in [2.05, 4.69) is 5.32 Å². The maximum atomic E-state index is 13.9. The number of hydrogen-bond donors (Lipinski definition) is 2. The van der Waals surface area contributed by atoms with Gasteiger partial charge in [-0.3, -0.25) is 4.79 Å². The van der Waals surface area contributed by atoms with E-state index >= 15 is 0 Å². The van der Waals surface area contributed by atoms with Crippen molar-refractivity contribution in [3.05, 3.63) is 64.7 Å². The zero-order valence-electron chi connectivity index (χ0n) is 15.1. The zero-order valence-corrected chi connectivity index (χ0v) is 15.1. The van der Waals surface area contributed by atoms with Gasteiger partial charge in [0.2, 0.25) is 5.82 Å². The molecule has 140 valence electrons. The number of carbonyl (C=O) groups excluding carboxylic acids is 1. The summed E-state index contributed by atoms with van der Waals surface area (Å²) in [4.78, 5) is 12.3. The van der Waals surface area contributed by atoms with Gasteiger partial charge in [-0.05, 0) is 50.5 Å².